The van der Waals surface area contributed by atoms with E-state index in [-0.39, 0.29) is 25.4 Å². The zero-order chi connectivity index (χ0) is 35.7. The van der Waals surface area contributed by atoms with Gasteiger partial charge < -0.3 is 34.4 Å². The van der Waals surface area contributed by atoms with Gasteiger partial charge in [-0.3, -0.25) is 19.2 Å². The number of amides is 3. The third kappa shape index (κ3) is 6.25. The number of hydrogen-bond acceptors (Lipinski definition) is 8. The highest BCUT2D eigenvalue weighted by Crippen LogP contribution is 2.60. The minimum Gasteiger partial charge on any atom is -0.497 e. The second kappa shape index (κ2) is 14.5. The standard InChI is InChI=1S/C39H38BrN3O8/c1-49-27-18-16-26(17-19-27)42-20-10-4-9-15-31(45)41-22-30(25-13-7-3-8-14-25)50-38(48)32-33-36(46)43(29(23-44)24-11-5-2-6-12-24)35(37(42)47)39(33)21-28(40)34(32)51-39/h2-8,10-14,16-19,21,29-30,32-35,44H,9,15,20,22-23H2,1H3,(H,41,45)/b10-4-/t29-,30-,32-,33+,34-,35-,39+/m1/s1. The second-order valence-electron chi connectivity index (χ2n) is 13.0. The van der Waals surface area contributed by atoms with Gasteiger partial charge in [-0.25, -0.2) is 0 Å². The van der Waals surface area contributed by atoms with Crippen LogP contribution in [0.1, 0.15) is 36.1 Å². The van der Waals surface area contributed by atoms with Crippen molar-refractivity contribution in [1.82, 2.24) is 10.2 Å². The molecule has 0 saturated carbocycles. The molecule has 1 spiro atoms. The maximum Gasteiger partial charge on any atom is 0.313 e. The summed E-state index contributed by atoms with van der Waals surface area (Å²) in [6.45, 7) is -0.350. The molecule has 0 radical (unpaired) electrons. The summed E-state index contributed by atoms with van der Waals surface area (Å²) in [7, 11) is 1.55. The fraction of sp³-hybridized carbons (Fsp3) is 0.333. The Morgan fingerprint density at radius 3 is 2.35 bits per heavy atom. The van der Waals surface area contributed by atoms with Crippen molar-refractivity contribution in [3.63, 3.8) is 0 Å². The van der Waals surface area contributed by atoms with Gasteiger partial charge in [0.15, 0.2) is 0 Å². The minimum absolute atomic E-state index is 0.0242. The van der Waals surface area contributed by atoms with E-state index in [0.717, 1.165) is 0 Å². The summed E-state index contributed by atoms with van der Waals surface area (Å²) in [5.41, 5.74) is 0.259. The van der Waals surface area contributed by atoms with Crippen LogP contribution in [0.3, 0.4) is 0 Å². The topological polar surface area (TPSA) is 135 Å². The molecule has 2 N–H and O–H groups in total. The number of nitrogens with zero attached hydrogens (tertiary/aromatic N) is 2. The fourth-order valence-electron chi connectivity index (χ4n) is 7.72. The molecule has 3 aromatic rings. The molecule has 7 atom stereocenters. The first-order chi connectivity index (χ1) is 24.8. The Morgan fingerprint density at radius 2 is 1.67 bits per heavy atom. The van der Waals surface area contributed by atoms with Gasteiger partial charge >= 0.3 is 5.97 Å². The van der Waals surface area contributed by atoms with Crippen molar-refractivity contribution < 1.29 is 38.5 Å². The molecule has 3 amide bonds. The van der Waals surface area contributed by atoms with Gasteiger partial charge in [0.05, 0.1) is 32.2 Å². The second-order valence-corrected chi connectivity index (χ2v) is 13.9. The van der Waals surface area contributed by atoms with Crippen LogP contribution in [0.4, 0.5) is 5.69 Å². The van der Waals surface area contributed by atoms with Gasteiger partial charge in [-0.2, -0.15) is 0 Å². The molecule has 2 saturated heterocycles. The van der Waals surface area contributed by atoms with E-state index >= 15 is 4.79 Å². The van der Waals surface area contributed by atoms with Crippen molar-refractivity contribution in [3.05, 3.63) is 119 Å². The van der Waals surface area contributed by atoms with Crippen LogP contribution < -0.4 is 15.0 Å². The number of aliphatic hydroxyl groups is 1. The molecule has 4 aliphatic rings. The number of rotatable bonds is 6. The molecule has 0 aromatic heterocycles. The van der Waals surface area contributed by atoms with E-state index in [1.165, 1.54) is 4.90 Å². The smallest absolute Gasteiger partial charge is 0.313 e. The molecule has 0 aliphatic carbocycles. The Bertz CT molecular complexity index is 1850. The number of esters is 1. The van der Waals surface area contributed by atoms with Crippen LogP contribution in [0.15, 0.2) is 108 Å². The van der Waals surface area contributed by atoms with Crippen LogP contribution in [-0.4, -0.2) is 78.3 Å². The first kappa shape index (κ1) is 34.7. The molecule has 51 heavy (non-hydrogen) atoms. The van der Waals surface area contributed by atoms with Crippen molar-refractivity contribution >= 4 is 45.3 Å². The lowest BCUT2D eigenvalue weighted by molar-refractivity contribution is -0.160. The summed E-state index contributed by atoms with van der Waals surface area (Å²) in [5.74, 6) is -3.56. The monoisotopic (exact) mass is 755 g/mol. The van der Waals surface area contributed by atoms with Crippen molar-refractivity contribution in [2.45, 2.75) is 42.7 Å². The van der Waals surface area contributed by atoms with Gasteiger partial charge in [-0.05, 0) is 47.9 Å². The number of anilines is 1. The number of ether oxygens (including phenoxy) is 3. The predicted molar refractivity (Wildman–Crippen MR) is 191 cm³/mol. The summed E-state index contributed by atoms with van der Waals surface area (Å²) in [4.78, 5) is 60.4. The van der Waals surface area contributed by atoms with Crippen LogP contribution in [0.2, 0.25) is 0 Å². The molecule has 0 unspecified atom stereocenters. The predicted octanol–water partition coefficient (Wildman–Crippen LogP) is 4.39. The van der Waals surface area contributed by atoms with E-state index < -0.39 is 66.1 Å². The highest BCUT2D eigenvalue weighted by molar-refractivity contribution is 9.11. The molecule has 264 valence electrons. The third-order valence-corrected chi connectivity index (χ3v) is 10.8. The Hall–Kier alpha value is -4.78. The minimum atomic E-state index is -1.57. The zero-order valence-corrected chi connectivity index (χ0v) is 29.5. The van der Waals surface area contributed by atoms with Crippen molar-refractivity contribution in [3.8, 4) is 5.75 Å². The van der Waals surface area contributed by atoms with E-state index in [9.17, 15) is 19.5 Å². The van der Waals surface area contributed by atoms with E-state index in [1.54, 1.807) is 78.7 Å². The molecule has 7 rings (SSSR count). The number of fused-ring (bicyclic) bond motifs is 2. The number of carbonyl (C=O) groups is 4. The van der Waals surface area contributed by atoms with Crippen LogP contribution in [0, 0.1) is 11.8 Å². The van der Waals surface area contributed by atoms with Gasteiger partial charge in [0.25, 0.3) is 5.91 Å². The van der Waals surface area contributed by atoms with Crippen LogP contribution >= 0.6 is 15.9 Å². The molecule has 3 aromatic carbocycles. The average Bonchev–Trinajstić information content (AvgIpc) is 3.75. The summed E-state index contributed by atoms with van der Waals surface area (Å²) in [5, 5.41) is 13.8. The molecule has 12 heteroatoms. The normalized spacial score (nSPS) is 29.2. The van der Waals surface area contributed by atoms with Gasteiger partial charge in [-0.1, -0.05) is 88.7 Å². The number of hydrogen-bond donors (Lipinski definition) is 2. The number of methoxy groups -OCH3 is 1. The van der Waals surface area contributed by atoms with Gasteiger partial charge in [0.1, 0.15) is 35.5 Å². The summed E-state index contributed by atoms with van der Waals surface area (Å²) >= 11 is 3.60. The number of aliphatic hydroxyl groups excluding tert-OH is 1. The lowest BCUT2D eigenvalue weighted by Crippen LogP contribution is -2.57. The molecular formula is C39H38BrN3O8. The number of nitrogens with one attached hydrogen (secondary N) is 1. The molecule has 4 aliphatic heterocycles. The number of halogens is 1. The Morgan fingerprint density at radius 1 is 0.961 bits per heavy atom. The van der Waals surface area contributed by atoms with Crippen LogP contribution in [0.5, 0.6) is 5.75 Å². The largest absolute Gasteiger partial charge is 0.497 e. The van der Waals surface area contributed by atoms with Crippen LogP contribution in [-0.2, 0) is 28.7 Å². The summed E-state index contributed by atoms with van der Waals surface area (Å²) in [6.07, 6.45) is 4.21. The first-order valence-electron chi connectivity index (χ1n) is 16.9. The van der Waals surface area contributed by atoms with Gasteiger partial charge in [0.2, 0.25) is 11.8 Å². The highest BCUT2D eigenvalue weighted by Gasteiger charge is 2.75. The molecule has 2 fully saturated rings. The number of allylic oxidation sites excluding steroid dienone is 1. The van der Waals surface area contributed by atoms with E-state index in [4.69, 9.17) is 14.2 Å². The first-order valence-corrected chi connectivity index (χ1v) is 17.7. The van der Waals surface area contributed by atoms with Gasteiger partial charge in [0, 0.05) is 23.1 Å². The Balaban J connectivity index is 1.37. The lowest BCUT2D eigenvalue weighted by atomic mass is 9.74. The highest BCUT2D eigenvalue weighted by atomic mass is 79.9. The third-order valence-electron chi connectivity index (χ3n) is 10.1. The number of cyclic esters (lactones) is 1. The van der Waals surface area contributed by atoms with E-state index in [2.05, 4.69) is 21.2 Å². The maximum absolute atomic E-state index is 15.2. The maximum atomic E-state index is 15.2. The van der Waals surface area contributed by atoms with Crippen molar-refractivity contribution in [1.29, 1.82) is 0 Å². The molecular weight excluding hydrogens is 718 g/mol. The Labute approximate surface area is 304 Å². The lowest BCUT2D eigenvalue weighted by Gasteiger charge is -2.38. The van der Waals surface area contributed by atoms with Crippen LogP contribution in [0.25, 0.3) is 0 Å². The Kier molecular flexibility index (Phi) is 9.82. The quantitative estimate of drug-likeness (QED) is 0.280. The van der Waals surface area contributed by atoms with E-state index in [1.807, 2.05) is 36.4 Å². The SMILES string of the molecule is COc1ccc(N2C/C=C\CCC(=O)NC[C@H](c3ccccc3)OC(=O)[C@H]3[C@@H]4O[C@@]5(C=C4Br)[C@@H]3C(=O)N([C@H](CO)c3ccccc3)[C@@H]5C2=O)cc1. The zero-order valence-electron chi connectivity index (χ0n) is 27.9. The molecule has 5 bridgehead atoms. The van der Waals surface area contributed by atoms with Gasteiger partial charge in [-0.15, -0.1) is 0 Å². The average molecular weight is 757 g/mol. The number of carbonyl (C=O) groups excluding carboxylic acids is 4. The molecule has 4 heterocycles. The van der Waals surface area contributed by atoms with Crippen molar-refractivity contribution in [2.24, 2.45) is 11.8 Å². The molecule has 11 nitrogen and oxygen atoms in total. The van der Waals surface area contributed by atoms with E-state index in [0.29, 0.717) is 33.5 Å². The fourth-order valence-corrected chi connectivity index (χ4v) is 8.46. The summed E-state index contributed by atoms with van der Waals surface area (Å²) in [6, 6.07) is 22.9. The number of likely N-dealkylation sites (tertiary alicyclic amines) is 1. The summed E-state index contributed by atoms with van der Waals surface area (Å²) < 4.78 is 18.7. The van der Waals surface area contributed by atoms with Crippen molar-refractivity contribution in [2.75, 3.05) is 31.7 Å². The number of benzene rings is 3.